The molecule has 0 amide bonds. The van der Waals surface area contributed by atoms with E-state index < -0.39 is 17.8 Å². The number of nitrogens with one attached hydrogen (secondary N) is 1. The standard InChI is InChI=1S/C15H19F3N2O2.ClH/c1-21-8-11-6-10-7-19-2-3-20(10)13-5-9(16)4-12(15(17)18)14(13)22-11;/h4-5,10-11,15,19H,2-3,6-8H2,1H3;1H/t10-,11-;/m1./s1. The molecular formula is C15H20ClF3N2O2. The van der Waals surface area contributed by atoms with Crippen molar-refractivity contribution in [2.75, 3.05) is 38.3 Å². The molecule has 2 aliphatic heterocycles. The second-order valence-electron chi connectivity index (χ2n) is 5.63. The van der Waals surface area contributed by atoms with Crippen molar-refractivity contribution < 1.29 is 22.6 Å². The van der Waals surface area contributed by atoms with Crippen molar-refractivity contribution in [3.05, 3.63) is 23.5 Å². The zero-order chi connectivity index (χ0) is 15.7. The van der Waals surface area contributed by atoms with Crippen LogP contribution < -0.4 is 15.0 Å². The Morgan fingerprint density at radius 1 is 1.43 bits per heavy atom. The van der Waals surface area contributed by atoms with Gasteiger partial charge in [0.25, 0.3) is 6.43 Å². The van der Waals surface area contributed by atoms with E-state index in [0.717, 1.165) is 12.6 Å². The van der Waals surface area contributed by atoms with Crippen LogP contribution in [0.1, 0.15) is 18.4 Å². The van der Waals surface area contributed by atoms with Crippen LogP contribution in [-0.2, 0) is 4.74 Å². The number of ether oxygens (including phenoxy) is 2. The Kier molecular flexibility index (Phi) is 6.00. The van der Waals surface area contributed by atoms with Crippen LogP contribution in [-0.4, -0.2) is 45.5 Å². The van der Waals surface area contributed by atoms with Crippen LogP contribution in [0.4, 0.5) is 18.9 Å². The van der Waals surface area contributed by atoms with Crippen molar-refractivity contribution in [3.63, 3.8) is 0 Å². The minimum atomic E-state index is -2.79. The highest BCUT2D eigenvalue weighted by Gasteiger charge is 2.35. The van der Waals surface area contributed by atoms with Gasteiger partial charge in [0.05, 0.1) is 17.9 Å². The van der Waals surface area contributed by atoms with E-state index in [1.54, 1.807) is 7.11 Å². The molecule has 0 aliphatic carbocycles. The predicted octanol–water partition coefficient (Wildman–Crippen LogP) is 2.76. The predicted molar refractivity (Wildman–Crippen MR) is 83.5 cm³/mol. The molecule has 0 unspecified atom stereocenters. The first-order valence-electron chi connectivity index (χ1n) is 7.34. The topological polar surface area (TPSA) is 33.7 Å². The lowest BCUT2D eigenvalue weighted by atomic mass is 10.1. The third-order valence-electron chi connectivity index (χ3n) is 4.13. The molecule has 1 N–H and O–H groups in total. The van der Waals surface area contributed by atoms with E-state index in [-0.39, 0.29) is 30.3 Å². The molecule has 2 heterocycles. The van der Waals surface area contributed by atoms with E-state index in [4.69, 9.17) is 9.47 Å². The molecule has 8 heteroatoms. The number of fused-ring (bicyclic) bond motifs is 3. The Labute approximate surface area is 139 Å². The molecule has 1 aromatic rings. The van der Waals surface area contributed by atoms with Gasteiger partial charge in [-0.15, -0.1) is 12.4 Å². The Morgan fingerprint density at radius 2 is 2.22 bits per heavy atom. The van der Waals surface area contributed by atoms with Crippen LogP contribution in [0, 0.1) is 5.82 Å². The summed E-state index contributed by atoms with van der Waals surface area (Å²) in [6.07, 6.45) is -2.48. The number of methoxy groups -OCH3 is 1. The number of hydrogen-bond donors (Lipinski definition) is 1. The first-order valence-corrected chi connectivity index (χ1v) is 7.34. The maximum absolute atomic E-state index is 13.8. The molecule has 1 fully saturated rings. The highest BCUT2D eigenvalue weighted by molar-refractivity contribution is 5.85. The summed E-state index contributed by atoms with van der Waals surface area (Å²) in [7, 11) is 1.55. The summed E-state index contributed by atoms with van der Waals surface area (Å²) in [4.78, 5) is 1.97. The monoisotopic (exact) mass is 352 g/mol. The third kappa shape index (κ3) is 3.67. The fraction of sp³-hybridized carbons (Fsp3) is 0.600. The molecule has 1 saturated heterocycles. The molecule has 23 heavy (non-hydrogen) atoms. The van der Waals surface area contributed by atoms with Crippen molar-refractivity contribution in [2.24, 2.45) is 0 Å². The molecule has 2 atom stereocenters. The summed E-state index contributed by atoms with van der Waals surface area (Å²) < 4.78 is 51.3. The summed E-state index contributed by atoms with van der Waals surface area (Å²) >= 11 is 0. The fourth-order valence-corrected chi connectivity index (χ4v) is 3.20. The first kappa shape index (κ1) is 18.2. The molecule has 3 rings (SSSR count). The van der Waals surface area contributed by atoms with Crippen molar-refractivity contribution >= 4 is 18.1 Å². The van der Waals surface area contributed by atoms with Gasteiger partial charge in [0, 0.05) is 45.3 Å². The first-order chi connectivity index (χ1) is 10.6. The number of alkyl halides is 2. The lowest BCUT2D eigenvalue weighted by Gasteiger charge is -2.37. The highest BCUT2D eigenvalue weighted by atomic mass is 35.5. The Morgan fingerprint density at radius 3 is 2.91 bits per heavy atom. The van der Waals surface area contributed by atoms with Gasteiger partial charge in [-0.05, 0) is 6.07 Å². The van der Waals surface area contributed by atoms with Gasteiger partial charge in [0.15, 0.2) is 5.75 Å². The average molecular weight is 353 g/mol. The fourth-order valence-electron chi connectivity index (χ4n) is 3.20. The maximum Gasteiger partial charge on any atom is 0.267 e. The number of benzene rings is 1. The lowest BCUT2D eigenvalue weighted by Crippen LogP contribution is -2.52. The van der Waals surface area contributed by atoms with Crippen LogP contribution in [0.2, 0.25) is 0 Å². The van der Waals surface area contributed by atoms with Gasteiger partial charge in [0.2, 0.25) is 0 Å². The van der Waals surface area contributed by atoms with Gasteiger partial charge in [-0.1, -0.05) is 0 Å². The SMILES string of the molecule is COC[C@H]1C[C@@H]2CNCCN2c2cc(F)cc(C(F)F)c2O1.Cl. The van der Waals surface area contributed by atoms with Crippen molar-refractivity contribution in [3.8, 4) is 5.75 Å². The van der Waals surface area contributed by atoms with E-state index in [2.05, 4.69) is 5.32 Å². The van der Waals surface area contributed by atoms with Crippen molar-refractivity contribution in [1.29, 1.82) is 0 Å². The number of hydrogen-bond acceptors (Lipinski definition) is 4. The van der Waals surface area contributed by atoms with Crippen LogP contribution >= 0.6 is 12.4 Å². The quantitative estimate of drug-likeness (QED) is 0.907. The van der Waals surface area contributed by atoms with E-state index in [1.807, 2.05) is 4.90 Å². The van der Waals surface area contributed by atoms with Crippen LogP contribution in [0.25, 0.3) is 0 Å². The van der Waals surface area contributed by atoms with Crippen LogP contribution in [0.3, 0.4) is 0 Å². The van der Waals surface area contributed by atoms with E-state index in [9.17, 15) is 13.2 Å². The Hall–Kier alpha value is -1.18. The smallest absolute Gasteiger partial charge is 0.267 e. The molecule has 0 aromatic heterocycles. The number of piperazine rings is 1. The second kappa shape index (κ2) is 7.59. The summed E-state index contributed by atoms with van der Waals surface area (Å²) in [5.74, 6) is -0.581. The summed E-state index contributed by atoms with van der Waals surface area (Å²) in [5, 5.41) is 3.28. The molecule has 1 aromatic carbocycles. The zero-order valence-corrected chi connectivity index (χ0v) is 13.5. The van der Waals surface area contributed by atoms with E-state index >= 15 is 0 Å². The molecule has 130 valence electrons. The average Bonchev–Trinajstić information content (AvgIpc) is 2.63. The number of rotatable bonds is 3. The molecule has 0 radical (unpaired) electrons. The van der Waals surface area contributed by atoms with Crippen molar-refractivity contribution in [1.82, 2.24) is 5.32 Å². The molecule has 0 bridgehead atoms. The van der Waals surface area contributed by atoms with Gasteiger partial charge in [0.1, 0.15) is 11.9 Å². The third-order valence-corrected chi connectivity index (χ3v) is 4.13. The summed E-state index contributed by atoms with van der Waals surface area (Å²) in [6.45, 7) is 2.38. The minimum Gasteiger partial charge on any atom is -0.485 e. The van der Waals surface area contributed by atoms with Crippen molar-refractivity contribution in [2.45, 2.75) is 25.0 Å². The molecule has 2 aliphatic rings. The van der Waals surface area contributed by atoms with Crippen LogP contribution in [0.15, 0.2) is 12.1 Å². The number of anilines is 1. The Bertz CT molecular complexity index is 548. The second-order valence-corrected chi connectivity index (χ2v) is 5.63. The minimum absolute atomic E-state index is 0. The number of nitrogens with zero attached hydrogens (tertiary/aromatic N) is 1. The largest absolute Gasteiger partial charge is 0.485 e. The number of halogens is 4. The normalized spacial score (nSPS) is 23.4. The van der Waals surface area contributed by atoms with Gasteiger partial charge >= 0.3 is 0 Å². The van der Waals surface area contributed by atoms with Gasteiger partial charge in [-0.2, -0.15) is 0 Å². The highest BCUT2D eigenvalue weighted by Crippen LogP contribution is 2.42. The van der Waals surface area contributed by atoms with Gasteiger partial charge in [-0.3, -0.25) is 0 Å². The molecule has 0 spiro atoms. The maximum atomic E-state index is 13.8. The summed E-state index contributed by atoms with van der Waals surface area (Å²) in [6, 6.07) is 2.22. The summed E-state index contributed by atoms with van der Waals surface area (Å²) in [5.41, 5.74) is 0.0238. The molecule has 4 nitrogen and oxygen atoms in total. The van der Waals surface area contributed by atoms with E-state index in [1.165, 1.54) is 6.07 Å². The molecule has 0 saturated carbocycles. The molecular weight excluding hydrogens is 333 g/mol. The van der Waals surface area contributed by atoms with Crippen LogP contribution in [0.5, 0.6) is 5.75 Å². The Balaban J connectivity index is 0.00000192. The van der Waals surface area contributed by atoms with Gasteiger partial charge in [-0.25, -0.2) is 13.2 Å². The zero-order valence-electron chi connectivity index (χ0n) is 12.7. The van der Waals surface area contributed by atoms with Gasteiger partial charge < -0.3 is 19.7 Å². The van der Waals surface area contributed by atoms with E-state index in [0.29, 0.717) is 31.8 Å². The lowest BCUT2D eigenvalue weighted by molar-refractivity contribution is 0.0696.